The molecular weight excluding hydrogens is 228 g/mol. The Kier molecular flexibility index (Phi) is 3.32. The van der Waals surface area contributed by atoms with Crippen LogP contribution in [-0.4, -0.2) is 15.7 Å². The van der Waals surface area contributed by atoms with E-state index in [1.807, 2.05) is 19.9 Å². The van der Waals surface area contributed by atoms with Crippen molar-refractivity contribution < 1.29 is 4.79 Å². The third-order valence-electron chi connectivity index (χ3n) is 2.67. The van der Waals surface area contributed by atoms with E-state index in [4.69, 9.17) is 5.73 Å². The maximum atomic E-state index is 12.1. The highest BCUT2D eigenvalue weighted by molar-refractivity contribution is 6.07. The van der Waals surface area contributed by atoms with Crippen molar-refractivity contribution >= 4 is 17.3 Å². The molecule has 5 nitrogen and oxygen atoms in total. The number of nitrogens with one attached hydrogen (secondary N) is 1. The summed E-state index contributed by atoms with van der Waals surface area (Å²) in [4.78, 5) is 12.1. The first-order valence-corrected chi connectivity index (χ1v) is 5.80. The van der Waals surface area contributed by atoms with Crippen molar-refractivity contribution in [3.8, 4) is 0 Å². The van der Waals surface area contributed by atoms with Gasteiger partial charge in [-0.3, -0.25) is 9.48 Å². The number of aromatic nitrogens is 2. The topological polar surface area (TPSA) is 72.9 Å². The second-order valence-corrected chi connectivity index (χ2v) is 4.13. The van der Waals surface area contributed by atoms with Gasteiger partial charge < -0.3 is 11.1 Å². The second kappa shape index (κ2) is 4.91. The molecule has 0 bridgehead atoms. The van der Waals surface area contributed by atoms with Crippen LogP contribution in [0.15, 0.2) is 30.6 Å². The van der Waals surface area contributed by atoms with Crippen molar-refractivity contribution in [3.05, 3.63) is 41.7 Å². The Morgan fingerprint density at radius 3 is 2.94 bits per heavy atom. The van der Waals surface area contributed by atoms with Crippen LogP contribution in [0, 0.1) is 6.92 Å². The summed E-state index contributed by atoms with van der Waals surface area (Å²) >= 11 is 0. The lowest BCUT2D eigenvalue weighted by Crippen LogP contribution is -2.13. The van der Waals surface area contributed by atoms with Gasteiger partial charge in [-0.05, 0) is 26.0 Å². The number of carbonyl (C=O) groups excluding carboxylic acids is 1. The third kappa shape index (κ3) is 2.51. The van der Waals surface area contributed by atoms with Gasteiger partial charge in [0.15, 0.2) is 0 Å². The summed E-state index contributed by atoms with van der Waals surface area (Å²) < 4.78 is 1.75. The Bertz CT molecular complexity index is 574. The summed E-state index contributed by atoms with van der Waals surface area (Å²) in [5, 5.41) is 6.87. The molecule has 1 aromatic carbocycles. The van der Waals surface area contributed by atoms with E-state index in [1.165, 1.54) is 0 Å². The first kappa shape index (κ1) is 12.2. The number of carbonyl (C=O) groups is 1. The van der Waals surface area contributed by atoms with E-state index in [2.05, 4.69) is 10.4 Å². The van der Waals surface area contributed by atoms with Gasteiger partial charge in [0.2, 0.25) is 0 Å². The highest BCUT2D eigenvalue weighted by Crippen LogP contribution is 2.16. The fraction of sp³-hybridized carbons (Fsp3) is 0.231. The number of rotatable bonds is 3. The predicted octanol–water partition coefficient (Wildman–Crippen LogP) is 2.05. The van der Waals surface area contributed by atoms with Crippen LogP contribution in [0.1, 0.15) is 22.8 Å². The van der Waals surface area contributed by atoms with Crippen LogP contribution in [0.25, 0.3) is 0 Å². The lowest BCUT2D eigenvalue weighted by atomic mass is 10.1. The standard InChI is InChI=1S/C13H16N4O/c1-3-17-8-10(7-15-17)16-13(18)11-6-9(2)4-5-12(11)14/h4-8H,3,14H2,1-2H3,(H,16,18). The summed E-state index contributed by atoms with van der Waals surface area (Å²) in [7, 11) is 0. The highest BCUT2D eigenvalue weighted by atomic mass is 16.1. The zero-order chi connectivity index (χ0) is 13.1. The fourth-order valence-corrected chi connectivity index (χ4v) is 1.67. The van der Waals surface area contributed by atoms with E-state index in [0.29, 0.717) is 16.9 Å². The van der Waals surface area contributed by atoms with E-state index in [0.717, 1.165) is 12.1 Å². The zero-order valence-corrected chi connectivity index (χ0v) is 10.5. The van der Waals surface area contributed by atoms with Gasteiger partial charge in [-0.25, -0.2) is 0 Å². The molecule has 0 aliphatic heterocycles. The van der Waals surface area contributed by atoms with Crippen LogP contribution in [-0.2, 0) is 6.54 Å². The molecule has 2 aromatic rings. The highest BCUT2D eigenvalue weighted by Gasteiger charge is 2.10. The van der Waals surface area contributed by atoms with E-state index in [-0.39, 0.29) is 5.91 Å². The maximum absolute atomic E-state index is 12.1. The number of nitrogen functional groups attached to an aromatic ring is 1. The number of aryl methyl sites for hydroxylation is 2. The maximum Gasteiger partial charge on any atom is 0.257 e. The van der Waals surface area contributed by atoms with Gasteiger partial charge in [0, 0.05) is 18.4 Å². The van der Waals surface area contributed by atoms with Gasteiger partial charge in [0.25, 0.3) is 5.91 Å². The lowest BCUT2D eigenvalue weighted by Gasteiger charge is -2.06. The molecule has 0 unspecified atom stereocenters. The monoisotopic (exact) mass is 244 g/mol. The number of anilines is 2. The number of hydrogen-bond donors (Lipinski definition) is 2. The van der Waals surface area contributed by atoms with E-state index in [9.17, 15) is 4.79 Å². The van der Waals surface area contributed by atoms with E-state index in [1.54, 1.807) is 29.2 Å². The van der Waals surface area contributed by atoms with E-state index < -0.39 is 0 Å². The molecule has 0 radical (unpaired) electrons. The average molecular weight is 244 g/mol. The van der Waals surface area contributed by atoms with Crippen LogP contribution in [0.4, 0.5) is 11.4 Å². The molecule has 94 valence electrons. The normalized spacial score (nSPS) is 10.3. The molecule has 1 heterocycles. The van der Waals surface area contributed by atoms with Gasteiger partial charge in [0.05, 0.1) is 17.4 Å². The van der Waals surface area contributed by atoms with Crippen LogP contribution in [0.5, 0.6) is 0 Å². The Morgan fingerprint density at radius 2 is 2.28 bits per heavy atom. The quantitative estimate of drug-likeness (QED) is 0.811. The van der Waals surface area contributed by atoms with Crippen LogP contribution < -0.4 is 11.1 Å². The largest absolute Gasteiger partial charge is 0.398 e. The first-order valence-electron chi connectivity index (χ1n) is 5.80. The lowest BCUT2D eigenvalue weighted by molar-refractivity contribution is 0.102. The van der Waals surface area contributed by atoms with Crippen molar-refractivity contribution in [2.24, 2.45) is 0 Å². The molecule has 3 N–H and O–H groups in total. The van der Waals surface area contributed by atoms with Crippen LogP contribution in [0.3, 0.4) is 0 Å². The molecule has 0 spiro atoms. The van der Waals surface area contributed by atoms with Gasteiger partial charge >= 0.3 is 0 Å². The van der Waals surface area contributed by atoms with Crippen molar-refractivity contribution in [2.75, 3.05) is 11.1 Å². The van der Waals surface area contributed by atoms with Gasteiger partial charge in [-0.1, -0.05) is 11.6 Å². The Balaban J connectivity index is 2.19. The number of hydrogen-bond acceptors (Lipinski definition) is 3. The minimum absolute atomic E-state index is 0.216. The molecular formula is C13H16N4O. The van der Waals surface area contributed by atoms with Crippen LogP contribution >= 0.6 is 0 Å². The predicted molar refractivity (Wildman–Crippen MR) is 71.4 cm³/mol. The Morgan fingerprint density at radius 1 is 1.50 bits per heavy atom. The van der Waals surface area contributed by atoms with Gasteiger partial charge in [-0.2, -0.15) is 5.10 Å². The molecule has 0 aliphatic rings. The molecule has 0 saturated heterocycles. The summed E-state index contributed by atoms with van der Waals surface area (Å²) in [6.07, 6.45) is 3.40. The molecule has 0 aliphatic carbocycles. The van der Waals surface area contributed by atoms with E-state index >= 15 is 0 Å². The molecule has 0 atom stereocenters. The van der Waals surface area contributed by atoms with Crippen LogP contribution in [0.2, 0.25) is 0 Å². The summed E-state index contributed by atoms with van der Waals surface area (Å²) in [6, 6.07) is 5.38. The number of amides is 1. The second-order valence-electron chi connectivity index (χ2n) is 4.13. The van der Waals surface area contributed by atoms with Crippen molar-refractivity contribution in [2.45, 2.75) is 20.4 Å². The third-order valence-corrected chi connectivity index (χ3v) is 2.67. The minimum Gasteiger partial charge on any atom is -0.398 e. The molecule has 1 amide bonds. The molecule has 5 heteroatoms. The van der Waals surface area contributed by atoms with Crippen molar-refractivity contribution in [1.29, 1.82) is 0 Å². The molecule has 0 fully saturated rings. The summed E-state index contributed by atoms with van der Waals surface area (Å²) in [5.74, 6) is -0.216. The average Bonchev–Trinajstić information content (AvgIpc) is 2.80. The van der Waals surface area contributed by atoms with Crippen molar-refractivity contribution in [1.82, 2.24) is 9.78 Å². The first-order chi connectivity index (χ1) is 8.60. The molecule has 2 rings (SSSR count). The van der Waals surface area contributed by atoms with Gasteiger partial charge in [0.1, 0.15) is 0 Å². The Labute approximate surface area is 106 Å². The smallest absolute Gasteiger partial charge is 0.257 e. The SMILES string of the molecule is CCn1cc(NC(=O)c2cc(C)ccc2N)cn1. The number of nitrogens with zero attached hydrogens (tertiary/aromatic N) is 2. The summed E-state index contributed by atoms with van der Waals surface area (Å²) in [6.45, 7) is 4.67. The Hall–Kier alpha value is -2.30. The van der Waals surface area contributed by atoms with Crippen molar-refractivity contribution in [3.63, 3.8) is 0 Å². The number of benzene rings is 1. The minimum atomic E-state index is -0.216. The number of nitrogens with two attached hydrogens (primary N) is 1. The molecule has 0 saturated carbocycles. The fourth-order valence-electron chi connectivity index (χ4n) is 1.67. The molecule has 18 heavy (non-hydrogen) atoms. The van der Waals surface area contributed by atoms with Gasteiger partial charge in [-0.15, -0.1) is 0 Å². The zero-order valence-electron chi connectivity index (χ0n) is 10.5. The molecule has 1 aromatic heterocycles. The summed E-state index contributed by atoms with van der Waals surface area (Å²) in [5.41, 5.74) is 8.42.